The van der Waals surface area contributed by atoms with Crippen molar-refractivity contribution in [3.8, 4) is 0 Å². The van der Waals surface area contributed by atoms with Crippen molar-refractivity contribution in [1.82, 2.24) is 5.32 Å². The van der Waals surface area contributed by atoms with Crippen molar-refractivity contribution in [3.05, 3.63) is 68.7 Å². The number of fused-ring (bicyclic) bond motifs is 1. The van der Waals surface area contributed by atoms with Crippen molar-refractivity contribution >= 4 is 33.4 Å². The van der Waals surface area contributed by atoms with Gasteiger partial charge in [-0.2, -0.15) is 0 Å². The molecule has 2 aromatic rings. The Morgan fingerprint density at radius 2 is 1.95 bits per heavy atom. The van der Waals surface area contributed by atoms with Gasteiger partial charge in [0.05, 0.1) is 0 Å². The highest BCUT2D eigenvalue weighted by Gasteiger charge is 2.27. The number of carbonyl (C=O) groups is 1. The van der Waals surface area contributed by atoms with Crippen LogP contribution in [0.1, 0.15) is 16.7 Å². The van der Waals surface area contributed by atoms with Gasteiger partial charge in [0.15, 0.2) is 0 Å². The number of hydrogen-bond acceptors (Lipinski definition) is 1. The molecule has 0 saturated heterocycles. The summed E-state index contributed by atoms with van der Waals surface area (Å²) in [5, 5.41) is 3.69. The zero-order valence-corrected chi connectivity index (χ0v) is 13.7. The van der Waals surface area contributed by atoms with Crippen LogP contribution in [0.5, 0.6) is 0 Å². The molecule has 0 spiro atoms. The van der Waals surface area contributed by atoms with Gasteiger partial charge in [-0.1, -0.05) is 51.8 Å². The van der Waals surface area contributed by atoms with Gasteiger partial charge in [-0.05, 0) is 47.7 Å². The summed E-state index contributed by atoms with van der Waals surface area (Å²) in [5.41, 5.74) is 3.49. The van der Waals surface area contributed by atoms with E-state index in [0.29, 0.717) is 11.6 Å². The first-order valence-corrected chi connectivity index (χ1v) is 8.09. The van der Waals surface area contributed by atoms with E-state index in [2.05, 4.69) is 33.4 Å². The standard InChI is InChI=1S/C17H15BrClNO/c18-15-6-5-11-7-14(8-13(11)9-15)17(21)20-10-12-3-1-2-4-16(12)19/h1-6,9,14H,7-8,10H2,(H,20,21). The first kappa shape index (κ1) is 14.6. The van der Waals surface area contributed by atoms with Gasteiger partial charge < -0.3 is 5.32 Å². The summed E-state index contributed by atoms with van der Waals surface area (Å²) >= 11 is 9.58. The van der Waals surface area contributed by atoms with Crippen molar-refractivity contribution in [2.75, 3.05) is 0 Å². The molecule has 1 unspecified atom stereocenters. The summed E-state index contributed by atoms with van der Waals surface area (Å²) in [6, 6.07) is 13.8. The topological polar surface area (TPSA) is 29.1 Å². The number of amides is 1. The maximum absolute atomic E-state index is 12.3. The summed E-state index contributed by atoms with van der Waals surface area (Å²) in [4.78, 5) is 12.3. The molecule has 0 heterocycles. The van der Waals surface area contributed by atoms with Crippen LogP contribution in [0.15, 0.2) is 46.9 Å². The lowest BCUT2D eigenvalue weighted by Crippen LogP contribution is -2.30. The van der Waals surface area contributed by atoms with Crippen LogP contribution in [0.2, 0.25) is 5.02 Å². The second-order valence-electron chi connectivity index (χ2n) is 5.33. The van der Waals surface area contributed by atoms with E-state index < -0.39 is 0 Å². The van der Waals surface area contributed by atoms with Crippen LogP contribution < -0.4 is 5.32 Å². The lowest BCUT2D eigenvalue weighted by molar-refractivity contribution is -0.124. The Morgan fingerprint density at radius 1 is 1.19 bits per heavy atom. The molecule has 1 aliphatic rings. The third-order valence-electron chi connectivity index (χ3n) is 3.88. The smallest absolute Gasteiger partial charge is 0.224 e. The Hall–Kier alpha value is -1.32. The molecule has 4 heteroatoms. The Morgan fingerprint density at radius 3 is 2.76 bits per heavy atom. The van der Waals surface area contributed by atoms with E-state index in [0.717, 1.165) is 22.9 Å². The average molecular weight is 365 g/mol. The Labute approximate surface area is 137 Å². The van der Waals surface area contributed by atoms with E-state index in [-0.39, 0.29) is 11.8 Å². The van der Waals surface area contributed by atoms with E-state index in [1.807, 2.05) is 30.3 Å². The fourth-order valence-corrected chi connectivity index (χ4v) is 3.35. The molecule has 1 aliphatic carbocycles. The van der Waals surface area contributed by atoms with E-state index in [1.165, 1.54) is 11.1 Å². The molecule has 1 amide bonds. The molecule has 0 aliphatic heterocycles. The number of hydrogen-bond donors (Lipinski definition) is 1. The molecule has 1 atom stereocenters. The maximum atomic E-state index is 12.3. The van der Waals surface area contributed by atoms with E-state index >= 15 is 0 Å². The van der Waals surface area contributed by atoms with E-state index in [1.54, 1.807) is 0 Å². The SMILES string of the molecule is O=C(NCc1ccccc1Cl)C1Cc2ccc(Br)cc2C1. The summed E-state index contributed by atoms with van der Waals surface area (Å²) in [7, 11) is 0. The summed E-state index contributed by atoms with van der Waals surface area (Å²) in [5.74, 6) is 0.124. The molecular weight excluding hydrogens is 350 g/mol. The summed E-state index contributed by atoms with van der Waals surface area (Å²) in [6.45, 7) is 0.481. The van der Waals surface area contributed by atoms with Crippen LogP contribution >= 0.6 is 27.5 Å². The lowest BCUT2D eigenvalue weighted by atomic mass is 10.1. The minimum absolute atomic E-state index is 0.0248. The normalized spacial score (nSPS) is 16.6. The zero-order valence-electron chi connectivity index (χ0n) is 11.4. The van der Waals surface area contributed by atoms with Crippen LogP contribution in [-0.4, -0.2) is 5.91 Å². The largest absolute Gasteiger partial charge is 0.352 e. The van der Waals surface area contributed by atoms with Crippen molar-refractivity contribution in [3.63, 3.8) is 0 Å². The first-order chi connectivity index (χ1) is 10.1. The highest BCUT2D eigenvalue weighted by molar-refractivity contribution is 9.10. The number of rotatable bonds is 3. The fourth-order valence-electron chi connectivity index (χ4n) is 2.74. The Kier molecular flexibility index (Phi) is 4.32. The molecular formula is C17H15BrClNO. The van der Waals surface area contributed by atoms with Crippen LogP contribution in [0.25, 0.3) is 0 Å². The van der Waals surface area contributed by atoms with Crippen molar-refractivity contribution in [2.24, 2.45) is 5.92 Å². The van der Waals surface area contributed by atoms with Gasteiger partial charge in [-0.25, -0.2) is 0 Å². The van der Waals surface area contributed by atoms with Crippen molar-refractivity contribution in [1.29, 1.82) is 0 Å². The van der Waals surface area contributed by atoms with Gasteiger partial charge in [0.1, 0.15) is 0 Å². The molecule has 0 aromatic heterocycles. The van der Waals surface area contributed by atoms with Crippen LogP contribution in [0, 0.1) is 5.92 Å². The highest BCUT2D eigenvalue weighted by atomic mass is 79.9. The van der Waals surface area contributed by atoms with Crippen molar-refractivity contribution < 1.29 is 4.79 Å². The Balaban J connectivity index is 1.62. The van der Waals surface area contributed by atoms with Crippen LogP contribution in [0.4, 0.5) is 0 Å². The second kappa shape index (κ2) is 6.20. The number of halogens is 2. The molecule has 21 heavy (non-hydrogen) atoms. The van der Waals surface area contributed by atoms with Gasteiger partial charge in [0.25, 0.3) is 0 Å². The predicted molar refractivity (Wildman–Crippen MR) is 88.3 cm³/mol. The minimum Gasteiger partial charge on any atom is -0.352 e. The maximum Gasteiger partial charge on any atom is 0.224 e. The zero-order chi connectivity index (χ0) is 14.8. The predicted octanol–water partition coefficient (Wildman–Crippen LogP) is 4.13. The average Bonchev–Trinajstić information content (AvgIpc) is 2.89. The summed E-state index contributed by atoms with van der Waals surface area (Å²) in [6.07, 6.45) is 1.63. The van der Waals surface area contributed by atoms with Gasteiger partial charge >= 0.3 is 0 Å². The van der Waals surface area contributed by atoms with Crippen LogP contribution in [0.3, 0.4) is 0 Å². The molecule has 3 rings (SSSR count). The van der Waals surface area contributed by atoms with Gasteiger partial charge in [-0.15, -0.1) is 0 Å². The molecule has 108 valence electrons. The molecule has 0 radical (unpaired) electrons. The summed E-state index contributed by atoms with van der Waals surface area (Å²) < 4.78 is 1.07. The van der Waals surface area contributed by atoms with E-state index in [9.17, 15) is 4.79 Å². The third kappa shape index (κ3) is 3.30. The van der Waals surface area contributed by atoms with Gasteiger partial charge in [0.2, 0.25) is 5.91 Å². The number of nitrogens with one attached hydrogen (secondary N) is 1. The first-order valence-electron chi connectivity index (χ1n) is 6.92. The molecule has 0 saturated carbocycles. The Bertz CT molecular complexity index is 686. The molecule has 2 aromatic carbocycles. The quantitative estimate of drug-likeness (QED) is 0.871. The molecule has 1 N–H and O–H groups in total. The molecule has 0 bridgehead atoms. The lowest BCUT2D eigenvalue weighted by Gasteiger charge is -2.11. The number of carbonyl (C=O) groups excluding carboxylic acids is 1. The minimum atomic E-state index is 0.0248. The second-order valence-corrected chi connectivity index (χ2v) is 6.65. The highest BCUT2D eigenvalue weighted by Crippen LogP contribution is 2.29. The van der Waals surface area contributed by atoms with Gasteiger partial charge in [0, 0.05) is 22.0 Å². The molecule has 0 fully saturated rings. The third-order valence-corrected chi connectivity index (χ3v) is 4.74. The fraction of sp³-hybridized carbons (Fsp3) is 0.235. The van der Waals surface area contributed by atoms with Crippen LogP contribution in [-0.2, 0) is 24.2 Å². The molecule has 2 nitrogen and oxygen atoms in total. The number of benzene rings is 2. The monoisotopic (exact) mass is 363 g/mol. The van der Waals surface area contributed by atoms with Crippen molar-refractivity contribution in [2.45, 2.75) is 19.4 Å². The van der Waals surface area contributed by atoms with Gasteiger partial charge in [-0.3, -0.25) is 4.79 Å². The van der Waals surface area contributed by atoms with E-state index in [4.69, 9.17) is 11.6 Å².